The molecule has 0 atom stereocenters. The number of benzene rings is 5. The minimum Gasteiger partial charge on any atom is -0.507 e. The normalized spacial score (nSPS) is 12.8. The number of fused-ring (bicyclic) bond motifs is 1. The van der Waals surface area contributed by atoms with Crippen molar-refractivity contribution in [3.63, 3.8) is 0 Å². The second kappa shape index (κ2) is 11.3. The van der Waals surface area contributed by atoms with E-state index in [-0.39, 0.29) is 94.1 Å². The number of hydrogen-bond acceptors (Lipinski definition) is 12. The number of aliphatic carboxylic acids is 2. The van der Waals surface area contributed by atoms with Crippen molar-refractivity contribution in [3.8, 4) is 34.5 Å². The summed E-state index contributed by atoms with van der Waals surface area (Å²) in [5.74, 6) is -5.60. The Morgan fingerprint density at radius 2 is 1.25 bits per heavy atom. The van der Waals surface area contributed by atoms with Crippen molar-refractivity contribution in [2.24, 2.45) is 0 Å². The van der Waals surface area contributed by atoms with Crippen molar-refractivity contribution in [1.29, 1.82) is 0 Å². The van der Waals surface area contributed by atoms with Gasteiger partial charge in [0.25, 0.3) is 0 Å². The summed E-state index contributed by atoms with van der Waals surface area (Å²) in [5.41, 5.74) is -0.899. The zero-order chi connectivity index (χ0) is 35.1. The highest BCUT2D eigenvalue weighted by Gasteiger charge is 2.38. The second-order valence-corrected chi connectivity index (χ2v) is 12.3. The van der Waals surface area contributed by atoms with E-state index < -0.39 is 52.3 Å². The predicted molar refractivity (Wildman–Crippen MR) is 178 cm³/mol. The van der Waals surface area contributed by atoms with Crippen LogP contribution in [0.1, 0.15) is 30.5 Å². The van der Waals surface area contributed by atoms with Gasteiger partial charge in [0.1, 0.15) is 17.2 Å². The number of ketones is 1. The van der Waals surface area contributed by atoms with Gasteiger partial charge in [0.05, 0.1) is 56.3 Å². The van der Waals surface area contributed by atoms with Gasteiger partial charge in [-0.25, -0.2) is 0 Å². The minimum atomic E-state index is -1.37. The maximum atomic E-state index is 14.4. The molecule has 0 unspecified atom stereocenters. The number of carbonyl (C=O) groups is 3. The molecule has 248 valence electrons. The molecular formula is C34H28O13S. The van der Waals surface area contributed by atoms with Gasteiger partial charge in [-0.3, -0.25) is 24.0 Å². The average Bonchev–Trinajstić information content (AvgIpc) is 3.15. The Bertz CT molecular complexity index is 2450. The summed E-state index contributed by atoms with van der Waals surface area (Å²) < 4.78 is 23.0. The topological polar surface area (TPSA) is 203 Å². The number of phenolic OH excluding ortho intramolecular Hbond substituents is 2. The lowest BCUT2D eigenvalue weighted by molar-refractivity contribution is -0.136. The number of rotatable bonds is 10. The number of thioether (sulfide) groups is 1. The Kier molecular flexibility index (Phi) is 7.66. The Balaban J connectivity index is 2.18. The molecular weight excluding hydrogens is 648 g/mol. The van der Waals surface area contributed by atoms with Gasteiger partial charge in [-0.05, 0) is 25.7 Å². The van der Waals surface area contributed by atoms with Crippen LogP contribution in [0, 0.1) is 0 Å². The molecule has 0 radical (unpaired) electrons. The fraction of sp³-hybridized carbons (Fsp3) is 0.265. The molecule has 4 N–H and O–H groups in total. The van der Waals surface area contributed by atoms with E-state index in [1.54, 1.807) is 6.92 Å². The van der Waals surface area contributed by atoms with Crippen LogP contribution in [0.15, 0.2) is 20.1 Å². The molecule has 5 aromatic rings. The number of ether oxygens (including phenoxy) is 4. The van der Waals surface area contributed by atoms with Gasteiger partial charge in [0, 0.05) is 49.2 Å². The number of carboxylic acids is 2. The summed E-state index contributed by atoms with van der Waals surface area (Å²) in [6.45, 7) is 2.99. The van der Waals surface area contributed by atoms with Gasteiger partial charge >= 0.3 is 11.9 Å². The van der Waals surface area contributed by atoms with Crippen LogP contribution in [0.4, 0.5) is 0 Å². The van der Waals surface area contributed by atoms with Crippen LogP contribution in [-0.2, 0) is 27.2 Å². The third-order valence-electron chi connectivity index (χ3n) is 8.78. The van der Waals surface area contributed by atoms with Crippen molar-refractivity contribution in [3.05, 3.63) is 42.7 Å². The predicted octanol–water partition coefficient (Wildman–Crippen LogP) is 4.06. The molecule has 0 heterocycles. The maximum Gasteiger partial charge on any atom is 0.313 e. The monoisotopic (exact) mass is 676 g/mol. The quantitative estimate of drug-likeness (QED) is 0.0936. The smallest absolute Gasteiger partial charge is 0.313 e. The van der Waals surface area contributed by atoms with E-state index in [0.717, 1.165) is 0 Å². The molecule has 0 bridgehead atoms. The first-order valence-electron chi connectivity index (χ1n) is 14.4. The van der Waals surface area contributed by atoms with Gasteiger partial charge in [0.2, 0.25) is 10.9 Å². The second-order valence-electron chi connectivity index (χ2n) is 11.3. The molecule has 0 saturated heterocycles. The molecule has 0 saturated carbocycles. The summed E-state index contributed by atoms with van der Waals surface area (Å²) in [5, 5.41) is 43.0. The molecule has 0 aliphatic heterocycles. The van der Waals surface area contributed by atoms with Gasteiger partial charge in [-0.1, -0.05) is 5.57 Å². The largest absolute Gasteiger partial charge is 0.507 e. The van der Waals surface area contributed by atoms with E-state index >= 15 is 0 Å². The van der Waals surface area contributed by atoms with Crippen LogP contribution in [-0.4, -0.2) is 72.3 Å². The first-order chi connectivity index (χ1) is 22.8. The van der Waals surface area contributed by atoms with E-state index in [2.05, 4.69) is 0 Å². The molecule has 0 amide bonds. The first-order valence-corrected chi connectivity index (χ1v) is 15.4. The van der Waals surface area contributed by atoms with Gasteiger partial charge in [-0.2, -0.15) is 0 Å². The first kappa shape index (κ1) is 32.4. The van der Waals surface area contributed by atoms with Crippen molar-refractivity contribution in [2.75, 3.05) is 34.2 Å². The molecule has 13 nitrogen and oxygen atoms in total. The van der Waals surface area contributed by atoms with Crippen LogP contribution in [0.25, 0.3) is 48.7 Å². The zero-order valence-corrected chi connectivity index (χ0v) is 27.3. The standard InChI is InChI=1S/C34H28O13S/c1-10-7-12-17-18-20-22(23-19(17)25(27(41)31(12)45-4)29(43)34(33(23)47-6)48-9-15(38)39)30(44-3)13(8-14(36)37)26(40)24(20)28(42)32(46-5)21(18)16(10)11(2)35/h40-41H,7-9H2,1-6H3,(H,36,37)(H,38,39). The van der Waals surface area contributed by atoms with Gasteiger partial charge in [-0.15, -0.1) is 11.8 Å². The molecule has 0 fully saturated rings. The van der Waals surface area contributed by atoms with E-state index in [4.69, 9.17) is 18.9 Å². The molecule has 14 heteroatoms. The van der Waals surface area contributed by atoms with E-state index in [1.165, 1.54) is 35.4 Å². The van der Waals surface area contributed by atoms with Gasteiger partial charge < -0.3 is 39.4 Å². The number of phenols is 2. The average molecular weight is 677 g/mol. The van der Waals surface area contributed by atoms with E-state index in [9.17, 15) is 44.4 Å². The van der Waals surface area contributed by atoms with Crippen LogP contribution in [0.5, 0.6) is 34.5 Å². The Morgan fingerprint density at radius 3 is 1.79 bits per heavy atom. The molecule has 5 aromatic carbocycles. The van der Waals surface area contributed by atoms with Crippen LogP contribution >= 0.6 is 11.8 Å². The lowest BCUT2D eigenvalue weighted by atomic mass is 9.81. The molecule has 1 aliphatic rings. The molecule has 1 aliphatic carbocycles. The maximum absolute atomic E-state index is 14.4. The highest BCUT2D eigenvalue weighted by molar-refractivity contribution is 8.00. The number of aromatic hydroxyl groups is 2. The fourth-order valence-corrected chi connectivity index (χ4v) is 8.07. The molecule has 0 aromatic heterocycles. The summed E-state index contributed by atoms with van der Waals surface area (Å²) in [6.07, 6.45) is -0.794. The van der Waals surface area contributed by atoms with Crippen molar-refractivity contribution < 1.29 is 53.8 Å². The number of methoxy groups -OCH3 is 4. The summed E-state index contributed by atoms with van der Waals surface area (Å²) in [7, 11) is 4.99. The Hall–Kier alpha value is -5.50. The number of carboxylic acid groups (broad SMARTS) is 2. The summed E-state index contributed by atoms with van der Waals surface area (Å²) in [4.78, 5) is 65.8. The molecule has 6 rings (SSSR count). The highest BCUT2D eigenvalue weighted by Crippen LogP contribution is 2.58. The fourth-order valence-electron chi connectivity index (χ4n) is 7.25. The summed E-state index contributed by atoms with van der Waals surface area (Å²) >= 11 is 0.637. The van der Waals surface area contributed by atoms with Crippen molar-refractivity contribution in [1.82, 2.24) is 0 Å². The van der Waals surface area contributed by atoms with Crippen LogP contribution in [0.3, 0.4) is 0 Å². The number of Topliss-reactive ketones (excluding diaryl/α,β-unsaturated/α-hetero) is 1. The van der Waals surface area contributed by atoms with Crippen LogP contribution < -0.4 is 29.8 Å². The van der Waals surface area contributed by atoms with Crippen molar-refractivity contribution in [2.45, 2.75) is 31.6 Å². The highest BCUT2D eigenvalue weighted by atomic mass is 32.2. The molecule has 48 heavy (non-hydrogen) atoms. The van der Waals surface area contributed by atoms with Crippen molar-refractivity contribution >= 4 is 78.1 Å². The van der Waals surface area contributed by atoms with E-state index in [1.807, 2.05) is 0 Å². The SMILES string of the molecule is COc1c(O)c2c(=O)c(SCC(=O)O)c(OC)c3c4c(OC)c(CC(=O)O)c(O)c5c(=O)c(OC)c6c(c(c1CC(C)=C6C(C)=O)c23)c54. The van der Waals surface area contributed by atoms with E-state index in [0.29, 0.717) is 22.9 Å². The van der Waals surface area contributed by atoms with Crippen LogP contribution in [0.2, 0.25) is 0 Å². The Labute approximate surface area is 274 Å². The molecule has 0 spiro atoms. The number of carbonyl (C=O) groups excluding carboxylic acids is 1. The summed E-state index contributed by atoms with van der Waals surface area (Å²) in [6, 6.07) is 0. The van der Waals surface area contributed by atoms with Gasteiger partial charge in [0.15, 0.2) is 23.0 Å². The lowest BCUT2D eigenvalue weighted by Crippen LogP contribution is -2.15. The number of hydrogen-bond donors (Lipinski definition) is 4. The minimum absolute atomic E-state index is 0.00540. The lowest BCUT2D eigenvalue weighted by Gasteiger charge is -2.25. The third-order valence-corrected chi connectivity index (χ3v) is 9.83. The third kappa shape index (κ3) is 4.14. The Morgan fingerprint density at radius 1 is 0.688 bits per heavy atom. The number of allylic oxidation sites excluding steroid dienone is 2. The zero-order valence-electron chi connectivity index (χ0n) is 26.5.